The zero-order chi connectivity index (χ0) is 19.3. The largest absolute Gasteiger partial charge is 0.340 e. The van der Waals surface area contributed by atoms with Crippen molar-refractivity contribution in [3.8, 4) is 0 Å². The molecule has 0 heterocycles. The molecule has 0 saturated heterocycles. The van der Waals surface area contributed by atoms with Crippen molar-refractivity contribution in [1.29, 1.82) is 0 Å². The van der Waals surface area contributed by atoms with Crippen LogP contribution in [0.5, 0.6) is 0 Å². The first-order valence-electron chi connectivity index (χ1n) is 7.76. The van der Waals surface area contributed by atoms with Crippen molar-refractivity contribution in [1.82, 2.24) is 5.32 Å². The summed E-state index contributed by atoms with van der Waals surface area (Å²) in [5.74, 6) is -2.89. The van der Waals surface area contributed by atoms with Crippen molar-refractivity contribution in [3.63, 3.8) is 0 Å². The van der Waals surface area contributed by atoms with E-state index in [1.807, 2.05) is 0 Å². The maximum Gasteiger partial charge on any atom is 0.313 e. The second kappa shape index (κ2) is 8.09. The van der Waals surface area contributed by atoms with Gasteiger partial charge in [0.05, 0.1) is 11.8 Å². The molecule has 0 saturated carbocycles. The standard InChI is InChI=1S/C18H19FN2O4S/c1-12-8-9-14(10-15(12)19)20-17(22)18(23)21-16(11-26(2,24)25)13-6-4-3-5-7-13/h3-10,16H,11H2,1-2H3,(H,20,22)(H,21,23)/t16-/m1/s1. The van der Waals surface area contributed by atoms with Gasteiger partial charge < -0.3 is 10.6 Å². The van der Waals surface area contributed by atoms with Gasteiger partial charge in [0.1, 0.15) is 15.7 Å². The molecule has 2 aromatic carbocycles. The van der Waals surface area contributed by atoms with Gasteiger partial charge in [-0.2, -0.15) is 0 Å². The van der Waals surface area contributed by atoms with E-state index in [4.69, 9.17) is 0 Å². The summed E-state index contributed by atoms with van der Waals surface area (Å²) >= 11 is 0. The second-order valence-corrected chi connectivity index (χ2v) is 8.13. The van der Waals surface area contributed by atoms with Crippen LogP contribution in [0.25, 0.3) is 0 Å². The molecule has 8 heteroatoms. The predicted octanol–water partition coefficient (Wildman–Crippen LogP) is 1.97. The molecule has 0 aliphatic heterocycles. The Balaban J connectivity index is 2.12. The van der Waals surface area contributed by atoms with Gasteiger partial charge in [-0.05, 0) is 30.2 Å². The van der Waals surface area contributed by atoms with E-state index < -0.39 is 33.5 Å². The van der Waals surface area contributed by atoms with E-state index in [1.54, 1.807) is 37.3 Å². The van der Waals surface area contributed by atoms with Gasteiger partial charge in [0.25, 0.3) is 0 Å². The number of hydrogen-bond acceptors (Lipinski definition) is 4. The van der Waals surface area contributed by atoms with E-state index in [1.165, 1.54) is 12.1 Å². The molecule has 2 amide bonds. The number of sulfone groups is 1. The number of hydrogen-bond donors (Lipinski definition) is 2. The van der Waals surface area contributed by atoms with Crippen LogP contribution in [0.4, 0.5) is 10.1 Å². The number of halogens is 1. The lowest BCUT2D eigenvalue weighted by molar-refractivity contribution is -0.136. The molecule has 26 heavy (non-hydrogen) atoms. The minimum atomic E-state index is -3.41. The van der Waals surface area contributed by atoms with Crippen LogP contribution in [0.3, 0.4) is 0 Å². The Morgan fingerprint density at radius 2 is 1.73 bits per heavy atom. The van der Waals surface area contributed by atoms with Crippen LogP contribution in [-0.2, 0) is 19.4 Å². The van der Waals surface area contributed by atoms with E-state index >= 15 is 0 Å². The Hall–Kier alpha value is -2.74. The number of nitrogens with one attached hydrogen (secondary N) is 2. The number of aryl methyl sites for hydroxylation is 1. The molecule has 0 aliphatic rings. The molecule has 0 fully saturated rings. The number of benzene rings is 2. The van der Waals surface area contributed by atoms with Crippen LogP contribution < -0.4 is 10.6 Å². The van der Waals surface area contributed by atoms with Crippen LogP contribution in [0.1, 0.15) is 17.2 Å². The van der Waals surface area contributed by atoms with Gasteiger partial charge in [-0.1, -0.05) is 36.4 Å². The summed E-state index contributed by atoms with van der Waals surface area (Å²) in [7, 11) is -3.41. The average molecular weight is 378 g/mol. The SMILES string of the molecule is Cc1ccc(NC(=O)C(=O)N[C@H](CS(C)(=O)=O)c2ccccc2)cc1F. The fourth-order valence-corrected chi connectivity index (χ4v) is 3.17. The third kappa shape index (κ3) is 5.66. The molecular weight excluding hydrogens is 359 g/mol. The molecule has 2 rings (SSSR count). The maximum atomic E-state index is 13.5. The fourth-order valence-electron chi connectivity index (χ4n) is 2.29. The van der Waals surface area contributed by atoms with Gasteiger partial charge in [-0.15, -0.1) is 0 Å². The van der Waals surface area contributed by atoms with Crippen molar-refractivity contribution in [2.75, 3.05) is 17.3 Å². The fraction of sp³-hybridized carbons (Fsp3) is 0.222. The van der Waals surface area contributed by atoms with Crippen LogP contribution in [0.15, 0.2) is 48.5 Å². The first-order valence-corrected chi connectivity index (χ1v) is 9.82. The third-order valence-electron chi connectivity index (χ3n) is 3.61. The molecule has 2 aromatic rings. The van der Waals surface area contributed by atoms with Crippen LogP contribution >= 0.6 is 0 Å². The monoisotopic (exact) mass is 378 g/mol. The first kappa shape index (κ1) is 19.6. The van der Waals surface area contributed by atoms with E-state index in [2.05, 4.69) is 10.6 Å². The van der Waals surface area contributed by atoms with E-state index in [-0.39, 0.29) is 11.4 Å². The predicted molar refractivity (Wildman–Crippen MR) is 96.8 cm³/mol. The molecule has 1 atom stereocenters. The molecule has 2 N–H and O–H groups in total. The summed E-state index contributed by atoms with van der Waals surface area (Å²) in [6.45, 7) is 1.57. The summed E-state index contributed by atoms with van der Waals surface area (Å²) in [6.07, 6.45) is 1.05. The molecule has 0 aliphatic carbocycles. The lowest BCUT2D eigenvalue weighted by atomic mass is 10.1. The highest BCUT2D eigenvalue weighted by atomic mass is 32.2. The summed E-state index contributed by atoms with van der Waals surface area (Å²) in [5, 5.41) is 4.70. The van der Waals surface area contributed by atoms with Gasteiger partial charge in [-0.3, -0.25) is 9.59 Å². The molecule has 138 valence electrons. The number of amides is 2. The quantitative estimate of drug-likeness (QED) is 0.778. The Labute approximate surface area is 151 Å². The third-order valence-corrected chi connectivity index (χ3v) is 4.55. The Morgan fingerprint density at radius 1 is 1.08 bits per heavy atom. The maximum absolute atomic E-state index is 13.5. The normalized spacial score (nSPS) is 12.3. The van der Waals surface area contributed by atoms with Gasteiger partial charge in [0, 0.05) is 11.9 Å². The number of rotatable bonds is 5. The molecular formula is C18H19FN2O4S. The Bertz CT molecular complexity index is 914. The molecule has 0 bridgehead atoms. The summed E-state index contributed by atoms with van der Waals surface area (Å²) in [6, 6.07) is 11.6. The van der Waals surface area contributed by atoms with E-state index in [0.717, 1.165) is 12.3 Å². The average Bonchev–Trinajstić information content (AvgIpc) is 2.57. The van der Waals surface area contributed by atoms with Crippen LogP contribution in [-0.4, -0.2) is 32.2 Å². The Morgan fingerprint density at radius 3 is 2.31 bits per heavy atom. The van der Waals surface area contributed by atoms with Crippen molar-refractivity contribution in [2.45, 2.75) is 13.0 Å². The molecule has 0 aromatic heterocycles. The summed E-state index contributed by atoms with van der Waals surface area (Å²) in [5.41, 5.74) is 1.10. The highest BCUT2D eigenvalue weighted by molar-refractivity contribution is 7.90. The van der Waals surface area contributed by atoms with Crippen molar-refractivity contribution in [2.24, 2.45) is 0 Å². The van der Waals surface area contributed by atoms with Crippen molar-refractivity contribution >= 4 is 27.3 Å². The van der Waals surface area contributed by atoms with Gasteiger partial charge >= 0.3 is 11.8 Å². The molecule has 6 nitrogen and oxygen atoms in total. The topological polar surface area (TPSA) is 92.3 Å². The number of anilines is 1. The molecule has 0 spiro atoms. The number of carbonyl (C=O) groups excluding carboxylic acids is 2. The summed E-state index contributed by atoms with van der Waals surface area (Å²) < 4.78 is 36.8. The zero-order valence-electron chi connectivity index (χ0n) is 14.3. The Kier molecular flexibility index (Phi) is 6.10. The molecule has 0 unspecified atom stereocenters. The molecule has 0 radical (unpaired) electrons. The lowest BCUT2D eigenvalue weighted by Gasteiger charge is -2.18. The second-order valence-electron chi connectivity index (χ2n) is 5.95. The number of carbonyl (C=O) groups is 2. The van der Waals surface area contributed by atoms with E-state index in [9.17, 15) is 22.4 Å². The van der Waals surface area contributed by atoms with Crippen LogP contribution in [0, 0.1) is 12.7 Å². The summed E-state index contributed by atoms with van der Waals surface area (Å²) in [4.78, 5) is 24.2. The first-order chi connectivity index (χ1) is 12.2. The van der Waals surface area contributed by atoms with Gasteiger partial charge in [0.2, 0.25) is 0 Å². The van der Waals surface area contributed by atoms with Crippen molar-refractivity contribution < 1.29 is 22.4 Å². The van der Waals surface area contributed by atoms with Gasteiger partial charge in [-0.25, -0.2) is 12.8 Å². The van der Waals surface area contributed by atoms with Crippen LogP contribution in [0.2, 0.25) is 0 Å². The van der Waals surface area contributed by atoms with Crippen molar-refractivity contribution in [3.05, 3.63) is 65.5 Å². The highest BCUT2D eigenvalue weighted by Gasteiger charge is 2.23. The minimum absolute atomic E-state index is 0.132. The zero-order valence-corrected chi connectivity index (χ0v) is 15.1. The lowest BCUT2D eigenvalue weighted by Crippen LogP contribution is -2.40. The minimum Gasteiger partial charge on any atom is -0.340 e. The smallest absolute Gasteiger partial charge is 0.313 e. The van der Waals surface area contributed by atoms with E-state index in [0.29, 0.717) is 11.1 Å². The highest BCUT2D eigenvalue weighted by Crippen LogP contribution is 2.16. The van der Waals surface area contributed by atoms with Gasteiger partial charge in [0.15, 0.2) is 0 Å².